The van der Waals surface area contributed by atoms with Gasteiger partial charge in [0.15, 0.2) is 0 Å². The maximum Gasteiger partial charge on any atom is 0.373 e. The molecule has 0 radical (unpaired) electrons. The number of furan rings is 1. The molecule has 9 heteroatoms. The monoisotopic (exact) mass is 443 g/mol. The normalized spacial score (nSPS) is 18.2. The Morgan fingerprint density at radius 2 is 2.06 bits per heavy atom. The number of esters is 1. The van der Waals surface area contributed by atoms with Crippen LogP contribution in [0.5, 0.6) is 0 Å². The van der Waals surface area contributed by atoms with Crippen molar-refractivity contribution in [2.75, 3.05) is 44.0 Å². The van der Waals surface area contributed by atoms with Crippen LogP contribution in [0.15, 0.2) is 16.5 Å². The van der Waals surface area contributed by atoms with Crippen LogP contribution in [0.4, 0.5) is 10.8 Å². The number of nitrogen functional groups attached to an aromatic ring is 1. The minimum Gasteiger partial charge on any atom is -0.463 e. The molecule has 8 nitrogen and oxygen atoms in total. The molecular formula is C22H25N3O5S. The number of ether oxygens (including phenoxy) is 3. The lowest BCUT2D eigenvalue weighted by molar-refractivity contribution is -0.0415. The number of pyridine rings is 1. The summed E-state index contributed by atoms with van der Waals surface area (Å²) in [6.07, 6.45) is 0.711. The number of carbonyl (C=O) groups is 1. The minimum absolute atomic E-state index is 0.149. The number of nitrogens with two attached hydrogens (primary N) is 1. The number of carbonyl (C=O) groups excluding carboxylic acids is 1. The van der Waals surface area contributed by atoms with Gasteiger partial charge in [0.2, 0.25) is 5.76 Å². The van der Waals surface area contributed by atoms with Crippen molar-refractivity contribution in [3.8, 4) is 11.3 Å². The number of methoxy groups -OCH3 is 1. The summed E-state index contributed by atoms with van der Waals surface area (Å²) in [7, 11) is 1.33. The predicted octanol–water partition coefficient (Wildman–Crippen LogP) is 3.61. The number of aromatic nitrogens is 1. The molecule has 5 heterocycles. The van der Waals surface area contributed by atoms with Gasteiger partial charge in [-0.25, -0.2) is 9.78 Å². The summed E-state index contributed by atoms with van der Waals surface area (Å²) in [5, 5.41) is 1.67. The first-order chi connectivity index (χ1) is 14.9. The molecule has 2 aliphatic rings. The van der Waals surface area contributed by atoms with Crippen molar-refractivity contribution in [2.24, 2.45) is 0 Å². The smallest absolute Gasteiger partial charge is 0.373 e. The van der Waals surface area contributed by atoms with Crippen molar-refractivity contribution in [2.45, 2.75) is 32.5 Å². The number of hydrogen-bond acceptors (Lipinski definition) is 9. The quantitative estimate of drug-likeness (QED) is 0.613. The van der Waals surface area contributed by atoms with Gasteiger partial charge in [-0.2, -0.15) is 0 Å². The molecule has 3 aromatic heterocycles. The van der Waals surface area contributed by atoms with Crippen LogP contribution in [-0.2, 0) is 27.2 Å². The van der Waals surface area contributed by atoms with Crippen molar-refractivity contribution in [3.63, 3.8) is 0 Å². The Hall–Kier alpha value is -2.62. The van der Waals surface area contributed by atoms with Crippen molar-refractivity contribution < 1.29 is 23.4 Å². The third-order valence-corrected chi connectivity index (χ3v) is 6.80. The number of nitrogens with zero attached hydrogens (tertiary/aromatic N) is 2. The molecule has 0 amide bonds. The van der Waals surface area contributed by atoms with Crippen LogP contribution < -0.4 is 10.6 Å². The molecule has 0 bridgehead atoms. The third kappa shape index (κ3) is 3.46. The topological polar surface area (TPSA) is 100 Å². The zero-order chi connectivity index (χ0) is 21.8. The highest BCUT2D eigenvalue weighted by molar-refractivity contribution is 7.24. The lowest BCUT2D eigenvalue weighted by Gasteiger charge is -2.34. The molecule has 3 aromatic rings. The fourth-order valence-corrected chi connectivity index (χ4v) is 5.37. The van der Waals surface area contributed by atoms with Crippen molar-refractivity contribution in [3.05, 3.63) is 29.2 Å². The Kier molecular flexibility index (Phi) is 4.91. The van der Waals surface area contributed by atoms with Gasteiger partial charge in [-0.3, -0.25) is 0 Å². The molecule has 2 N–H and O–H groups in total. The van der Waals surface area contributed by atoms with Crippen LogP contribution in [0.3, 0.4) is 0 Å². The van der Waals surface area contributed by atoms with Gasteiger partial charge in [0, 0.05) is 24.9 Å². The van der Waals surface area contributed by atoms with E-state index in [-0.39, 0.29) is 11.4 Å². The van der Waals surface area contributed by atoms with Crippen molar-refractivity contribution in [1.82, 2.24) is 4.98 Å². The molecule has 0 saturated carbocycles. The second-order valence-electron chi connectivity index (χ2n) is 8.39. The van der Waals surface area contributed by atoms with E-state index in [1.54, 1.807) is 12.1 Å². The second-order valence-corrected chi connectivity index (χ2v) is 9.44. The number of morpholine rings is 1. The van der Waals surface area contributed by atoms with Gasteiger partial charge in [-0.05, 0) is 31.5 Å². The lowest BCUT2D eigenvalue weighted by atomic mass is 9.90. The van der Waals surface area contributed by atoms with E-state index in [9.17, 15) is 4.79 Å². The maximum atomic E-state index is 11.9. The number of hydrogen-bond donors (Lipinski definition) is 1. The molecule has 1 fully saturated rings. The molecular weight excluding hydrogens is 418 g/mol. The van der Waals surface area contributed by atoms with E-state index in [1.807, 2.05) is 0 Å². The van der Waals surface area contributed by atoms with Gasteiger partial charge in [0.25, 0.3) is 0 Å². The van der Waals surface area contributed by atoms with E-state index in [1.165, 1.54) is 18.4 Å². The summed E-state index contributed by atoms with van der Waals surface area (Å²) in [5.41, 5.74) is 9.09. The summed E-state index contributed by atoms with van der Waals surface area (Å²) >= 11 is 1.51. The third-order valence-electron chi connectivity index (χ3n) is 5.78. The zero-order valence-electron chi connectivity index (χ0n) is 17.8. The van der Waals surface area contributed by atoms with E-state index in [0.29, 0.717) is 37.0 Å². The molecule has 0 atom stereocenters. The molecule has 2 aliphatic heterocycles. The van der Waals surface area contributed by atoms with E-state index in [4.69, 9.17) is 29.3 Å². The molecule has 0 aromatic carbocycles. The highest BCUT2D eigenvalue weighted by Crippen LogP contribution is 2.48. The molecule has 0 unspecified atom stereocenters. The Morgan fingerprint density at radius 3 is 2.81 bits per heavy atom. The molecule has 0 aliphatic carbocycles. The van der Waals surface area contributed by atoms with Crippen molar-refractivity contribution >= 4 is 38.2 Å². The standard InChI is InChI=1S/C22H25N3O5S/c1-22(2)10-12-13(11-29-22)24-20(25-6-8-28-9-7-25)18-16(12)17(19(23)31-18)14-4-5-15(30-14)21(26)27-3/h4-5H,6-11,23H2,1-3H3. The van der Waals surface area contributed by atoms with Gasteiger partial charge in [0.1, 0.15) is 11.6 Å². The second kappa shape index (κ2) is 7.51. The Morgan fingerprint density at radius 1 is 1.29 bits per heavy atom. The number of rotatable bonds is 3. The first-order valence-electron chi connectivity index (χ1n) is 10.3. The highest BCUT2D eigenvalue weighted by atomic mass is 32.1. The van der Waals surface area contributed by atoms with Gasteiger partial charge in [-0.15, -0.1) is 11.3 Å². The highest BCUT2D eigenvalue weighted by Gasteiger charge is 2.33. The first-order valence-corrected chi connectivity index (χ1v) is 11.1. The van der Waals surface area contributed by atoms with Crippen LogP contribution in [0, 0.1) is 0 Å². The molecule has 5 rings (SSSR count). The van der Waals surface area contributed by atoms with Gasteiger partial charge in [-0.1, -0.05) is 0 Å². The zero-order valence-corrected chi connectivity index (χ0v) is 18.6. The molecule has 0 spiro atoms. The Balaban J connectivity index is 1.75. The van der Waals surface area contributed by atoms with E-state index in [0.717, 1.165) is 45.8 Å². The summed E-state index contributed by atoms with van der Waals surface area (Å²) in [4.78, 5) is 19.2. The number of thiophene rings is 1. The summed E-state index contributed by atoms with van der Waals surface area (Å²) in [6.45, 7) is 7.47. The fraction of sp³-hybridized carbons (Fsp3) is 0.455. The maximum absolute atomic E-state index is 11.9. The fourth-order valence-electron chi connectivity index (χ4n) is 4.25. The van der Waals surface area contributed by atoms with Crippen LogP contribution in [0.1, 0.15) is 35.7 Å². The SMILES string of the molecule is COC(=O)c1ccc(-c2c(N)sc3c(N4CCOCC4)nc4c(c23)CC(C)(C)OC4)o1. The average molecular weight is 444 g/mol. The summed E-state index contributed by atoms with van der Waals surface area (Å²) in [6, 6.07) is 3.39. The van der Waals surface area contributed by atoms with Crippen LogP contribution in [0.2, 0.25) is 0 Å². The van der Waals surface area contributed by atoms with Crippen LogP contribution in [-0.4, -0.2) is 50.0 Å². The van der Waals surface area contributed by atoms with E-state index >= 15 is 0 Å². The molecule has 164 valence electrons. The summed E-state index contributed by atoms with van der Waals surface area (Å²) in [5.74, 6) is 1.09. The molecule has 31 heavy (non-hydrogen) atoms. The predicted molar refractivity (Wildman–Crippen MR) is 119 cm³/mol. The van der Waals surface area contributed by atoms with Gasteiger partial charge < -0.3 is 29.3 Å². The van der Waals surface area contributed by atoms with Crippen LogP contribution in [0.25, 0.3) is 21.4 Å². The van der Waals surface area contributed by atoms with Crippen molar-refractivity contribution in [1.29, 1.82) is 0 Å². The largest absolute Gasteiger partial charge is 0.463 e. The van der Waals surface area contributed by atoms with Gasteiger partial charge >= 0.3 is 5.97 Å². The first kappa shape index (κ1) is 20.3. The number of fused-ring (bicyclic) bond motifs is 3. The summed E-state index contributed by atoms with van der Waals surface area (Å²) < 4.78 is 23.3. The Bertz CT molecular complexity index is 1160. The lowest BCUT2D eigenvalue weighted by Crippen LogP contribution is -2.38. The minimum atomic E-state index is -0.517. The van der Waals surface area contributed by atoms with E-state index in [2.05, 4.69) is 18.7 Å². The Labute approximate surface area is 183 Å². The average Bonchev–Trinajstić information content (AvgIpc) is 3.37. The van der Waals surface area contributed by atoms with Gasteiger partial charge in [0.05, 0.1) is 53.5 Å². The van der Waals surface area contributed by atoms with E-state index < -0.39 is 5.97 Å². The molecule has 1 saturated heterocycles. The number of anilines is 2. The van der Waals surface area contributed by atoms with Crippen LogP contribution >= 0.6 is 11.3 Å².